The monoisotopic (exact) mass is 451 g/mol. The first kappa shape index (κ1) is 21.9. The summed E-state index contributed by atoms with van der Waals surface area (Å²) in [6.45, 7) is 5.15. The van der Waals surface area contributed by atoms with Crippen LogP contribution in [0.2, 0.25) is 0 Å². The average molecular weight is 452 g/mol. The predicted molar refractivity (Wildman–Crippen MR) is 127 cm³/mol. The van der Waals surface area contributed by atoms with Crippen molar-refractivity contribution >= 4 is 11.6 Å². The highest BCUT2D eigenvalue weighted by Crippen LogP contribution is 2.42. The van der Waals surface area contributed by atoms with E-state index in [0.717, 1.165) is 74.7 Å². The molecule has 1 saturated heterocycles. The van der Waals surface area contributed by atoms with E-state index in [4.69, 9.17) is 14.2 Å². The van der Waals surface area contributed by atoms with Crippen molar-refractivity contribution in [3.8, 4) is 17.2 Å². The minimum absolute atomic E-state index is 0.102. The van der Waals surface area contributed by atoms with E-state index in [1.54, 1.807) is 7.11 Å². The summed E-state index contributed by atoms with van der Waals surface area (Å²) in [5, 5.41) is 3.41. The molecule has 2 aromatic rings. The van der Waals surface area contributed by atoms with Crippen molar-refractivity contribution in [1.82, 2.24) is 10.2 Å². The Kier molecular flexibility index (Phi) is 6.31. The molecule has 1 saturated carbocycles. The number of ether oxygens (including phenoxy) is 3. The Labute approximate surface area is 195 Å². The zero-order valence-electron chi connectivity index (χ0n) is 19.3. The molecule has 3 aliphatic rings. The predicted octanol–water partition coefficient (Wildman–Crippen LogP) is 3.17. The second kappa shape index (κ2) is 9.51. The summed E-state index contributed by atoms with van der Waals surface area (Å²) in [7, 11) is 1.68. The molecule has 0 bridgehead atoms. The summed E-state index contributed by atoms with van der Waals surface area (Å²) in [4.78, 5) is 17.7. The van der Waals surface area contributed by atoms with Crippen LogP contribution in [0.15, 0.2) is 42.5 Å². The van der Waals surface area contributed by atoms with Crippen molar-refractivity contribution in [3.05, 3.63) is 48.0 Å². The van der Waals surface area contributed by atoms with E-state index < -0.39 is 0 Å². The lowest BCUT2D eigenvalue weighted by atomic mass is 9.87. The molecule has 2 heterocycles. The molecule has 1 aliphatic carbocycles. The molecule has 0 atom stereocenters. The molecule has 0 radical (unpaired) electrons. The van der Waals surface area contributed by atoms with Crippen LogP contribution in [0.5, 0.6) is 17.2 Å². The van der Waals surface area contributed by atoms with E-state index in [2.05, 4.69) is 39.4 Å². The third-order valence-corrected chi connectivity index (χ3v) is 7.11. The number of fused-ring (bicyclic) bond motifs is 1. The minimum Gasteiger partial charge on any atom is -0.497 e. The number of piperazine rings is 1. The highest BCUT2D eigenvalue weighted by Gasteiger charge is 2.38. The van der Waals surface area contributed by atoms with Crippen molar-refractivity contribution in [2.45, 2.75) is 31.2 Å². The number of rotatable bonds is 6. The fraction of sp³-hybridized carbons (Fsp3) is 0.500. The Morgan fingerprint density at radius 3 is 2.36 bits per heavy atom. The van der Waals surface area contributed by atoms with E-state index in [-0.39, 0.29) is 11.4 Å². The molecule has 176 valence electrons. The van der Waals surface area contributed by atoms with Crippen LogP contribution in [-0.4, -0.2) is 63.9 Å². The van der Waals surface area contributed by atoms with Gasteiger partial charge in [-0.25, -0.2) is 0 Å². The number of carbonyl (C=O) groups excluding carboxylic acids is 1. The normalized spacial score (nSPS) is 19.8. The van der Waals surface area contributed by atoms with Gasteiger partial charge in [0, 0.05) is 31.9 Å². The van der Waals surface area contributed by atoms with Gasteiger partial charge in [-0.1, -0.05) is 18.9 Å². The van der Waals surface area contributed by atoms with Crippen LogP contribution in [-0.2, 0) is 10.3 Å². The largest absolute Gasteiger partial charge is 0.497 e. The van der Waals surface area contributed by atoms with Gasteiger partial charge in [-0.3, -0.25) is 9.69 Å². The summed E-state index contributed by atoms with van der Waals surface area (Å²) in [5.74, 6) is 2.55. The number of amides is 1. The van der Waals surface area contributed by atoms with Crippen LogP contribution >= 0.6 is 0 Å². The van der Waals surface area contributed by atoms with Crippen LogP contribution in [0.3, 0.4) is 0 Å². The minimum atomic E-state index is -0.308. The van der Waals surface area contributed by atoms with Crippen molar-refractivity contribution in [1.29, 1.82) is 0 Å². The van der Waals surface area contributed by atoms with Crippen molar-refractivity contribution in [2.24, 2.45) is 0 Å². The van der Waals surface area contributed by atoms with E-state index in [1.165, 1.54) is 5.69 Å². The third-order valence-electron chi connectivity index (χ3n) is 7.11. The van der Waals surface area contributed by atoms with Gasteiger partial charge < -0.3 is 24.4 Å². The third kappa shape index (κ3) is 4.74. The Morgan fingerprint density at radius 1 is 0.970 bits per heavy atom. The van der Waals surface area contributed by atoms with Crippen molar-refractivity contribution in [2.75, 3.05) is 57.9 Å². The van der Waals surface area contributed by atoms with Crippen LogP contribution < -0.4 is 24.4 Å². The van der Waals surface area contributed by atoms with Gasteiger partial charge in [0.05, 0.1) is 19.2 Å². The van der Waals surface area contributed by atoms with Gasteiger partial charge in [-0.2, -0.15) is 0 Å². The van der Waals surface area contributed by atoms with E-state index >= 15 is 0 Å². The molecule has 0 spiro atoms. The molecule has 2 aromatic carbocycles. The maximum absolute atomic E-state index is 13.1. The summed E-state index contributed by atoms with van der Waals surface area (Å²) in [6, 6.07) is 14.3. The molecule has 1 amide bonds. The number of nitrogens with one attached hydrogen (secondary N) is 1. The van der Waals surface area contributed by atoms with Gasteiger partial charge in [0.25, 0.3) is 0 Å². The SMILES string of the molecule is COc1ccc(N2CCN(CC(=O)NC3(c4ccc5c(c4)OCCO5)CCCC3)CC2)cc1. The van der Waals surface area contributed by atoms with Gasteiger partial charge in [-0.05, 0) is 54.8 Å². The molecule has 0 unspecified atom stereocenters. The lowest BCUT2D eigenvalue weighted by Gasteiger charge is -2.37. The summed E-state index contributed by atoms with van der Waals surface area (Å²) in [5.41, 5.74) is 2.02. The first-order chi connectivity index (χ1) is 16.1. The topological polar surface area (TPSA) is 63.3 Å². The summed E-state index contributed by atoms with van der Waals surface area (Å²) < 4.78 is 16.7. The van der Waals surface area contributed by atoms with Crippen LogP contribution in [0, 0.1) is 0 Å². The van der Waals surface area contributed by atoms with Gasteiger partial charge in [0.1, 0.15) is 19.0 Å². The number of hydrogen-bond acceptors (Lipinski definition) is 6. The first-order valence-corrected chi connectivity index (χ1v) is 12.0. The number of benzene rings is 2. The van der Waals surface area contributed by atoms with E-state index in [9.17, 15) is 4.79 Å². The zero-order chi connectivity index (χ0) is 22.7. The second-order valence-electron chi connectivity index (χ2n) is 9.16. The molecule has 5 rings (SSSR count). The van der Waals surface area contributed by atoms with Crippen molar-refractivity contribution in [3.63, 3.8) is 0 Å². The van der Waals surface area contributed by atoms with Crippen molar-refractivity contribution < 1.29 is 19.0 Å². The molecule has 2 aliphatic heterocycles. The van der Waals surface area contributed by atoms with Gasteiger partial charge in [-0.15, -0.1) is 0 Å². The molecule has 7 nitrogen and oxygen atoms in total. The molecular weight excluding hydrogens is 418 g/mol. The highest BCUT2D eigenvalue weighted by atomic mass is 16.6. The van der Waals surface area contributed by atoms with Gasteiger partial charge >= 0.3 is 0 Å². The first-order valence-electron chi connectivity index (χ1n) is 12.0. The smallest absolute Gasteiger partial charge is 0.234 e. The lowest BCUT2D eigenvalue weighted by molar-refractivity contribution is -0.124. The standard InChI is InChI=1S/C26H33N3O4/c1-31-22-7-5-21(6-8-22)29-14-12-28(13-15-29)19-25(30)27-26(10-2-3-11-26)20-4-9-23-24(18-20)33-17-16-32-23/h4-9,18H,2-3,10-17,19H2,1H3,(H,27,30). The van der Waals surface area contributed by atoms with Crippen LogP contribution in [0.25, 0.3) is 0 Å². The molecule has 7 heteroatoms. The number of nitrogens with zero attached hydrogens (tertiary/aromatic N) is 2. The maximum Gasteiger partial charge on any atom is 0.234 e. The van der Waals surface area contributed by atoms with Gasteiger partial charge in [0.15, 0.2) is 11.5 Å². The number of hydrogen-bond donors (Lipinski definition) is 1. The fourth-order valence-electron chi connectivity index (χ4n) is 5.27. The molecule has 33 heavy (non-hydrogen) atoms. The molecule has 0 aromatic heterocycles. The highest BCUT2D eigenvalue weighted by molar-refractivity contribution is 5.79. The quantitative estimate of drug-likeness (QED) is 0.728. The maximum atomic E-state index is 13.1. The van der Waals surface area contributed by atoms with Crippen LogP contribution in [0.1, 0.15) is 31.2 Å². The molecule has 2 fully saturated rings. The zero-order valence-corrected chi connectivity index (χ0v) is 19.3. The van der Waals surface area contributed by atoms with Gasteiger partial charge in [0.2, 0.25) is 5.91 Å². The van der Waals surface area contributed by atoms with Crippen LogP contribution in [0.4, 0.5) is 5.69 Å². The summed E-state index contributed by atoms with van der Waals surface area (Å²) >= 11 is 0. The fourth-order valence-corrected chi connectivity index (χ4v) is 5.27. The Balaban J connectivity index is 1.19. The lowest BCUT2D eigenvalue weighted by Crippen LogP contribution is -2.52. The molecular formula is C26H33N3O4. The number of methoxy groups -OCH3 is 1. The Hall–Kier alpha value is -2.93. The second-order valence-corrected chi connectivity index (χ2v) is 9.16. The molecule has 1 N–H and O–H groups in total. The van der Waals surface area contributed by atoms with E-state index in [0.29, 0.717) is 19.8 Å². The number of carbonyl (C=O) groups is 1. The Bertz CT molecular complexity index is 964. The average Bonchev–Trinajstić information content (AvgIpc) is 3.33. The Morgan fingerprint density at radius 2 is 1.67 bits per heavy atom. The number of anilines is 1. The summed E-state index contributed by atoms with van der Waals surface area (Å²) in [6.07, 6.45) is 4.16. The van der Waals surface area contributed by atoms with E-state index in [1.807, 2.05) is 18.2 Å².